The molecular formula is C20H19FN2O2. The molecule has 0 spiro atoms. The van der Waals surface area contributed by atoms with Gasteiger partial charge in [-0.05, 0) is 30.5 Å². The lowest BCUT2D eigenvalue weighted by Gasteiger charge is -2.37. The van der Waals surface area contributed by atoms with Crippen LogP contribution < -0.4 is 4.74 Å². The van der Waals surface area contributed by atoms with E-state index in [4.69, 9.17) is 4.74 Å². The minimum Gasteiger partial charge on any atom is -0.484 e. The van der Waals surface area contributed by atoms with Crippen molar-refractivity contribution in [3.05, 3.63) is 66.0 Å². The van der Waals surface area contributed by atoms with Crippen molar-refractivity contribution < 1.29 is 13.9 Å². The molecule has 1 saturated heterocycles. The molecule has 4 nitrogen and oxygen atoms in total. The van der Waals surface area contributed by atoms with Crippen LogP contribution in [-0.2, 0) is 10.2 Å². The number of amides is 1. The molecule has 1 heterocycles. The third kappa shape index (κ3) is 3.80. The maximum Gasteiger partial charge on any atom is 0.260 e. The highest BCUT2D eigenvalue weighted by Crippen LogP contribution is 2.34. The molecule has 0 N–H and O–H groups in total. The molecule has 1 aliphatic heterocycles. The van der Waals surface area contributed by atoms with Gasteiger partial charge in [-0.3, -0.25) is 4.79 Å². The number of nitriles is 1. The molecule has 5 heteroatoms. The summed E-state index contributed by atoms with van der Waals surface area (Å²) < 4.78 is 18.5. The van der Waals surface area contributed by atoms with Crippen LogP contribution in [-0.4, -0.2) is 30.5 Å². The number of hydrogen-bond donors (Lipinski definition) is 0. The molecule has 25 heavy (non-hydrogen) atoms. The van der Waals surface area contributed by atoms with Crippen molar-refractivity contribution in [2.45, 2.75) is 18.3 Å². The van der Waals surface area contributed by atoms with Crippen LogP contribution in [0.5, 0.6) is 5.75 Å². The average molecular weight is 338 g/mol. The van der Waals surface area contributed by atoms with Crippen LogP contribution in [0.25, 0.3) is 0 Å². The summed E-state index contributed by atoms with van der Waals surface area (Å²) in [6, 6.07) is 17.9. The molecule has 2 aromatic carbocycles. The van der Waals surface area contributed by atoms with E-state index in [2.05, 4.69) is 6.07 Å². The Balaban J connectivity index is 1.58. The highest BCUT2D eigenvalue weighted by Gasteiger charge is 2.37. The molecule has 2 aromatic rings. The Bertz CT molecular complexity index is 778. The highest BCUT2D eigenvalue weighted by molar-refractivity contribution is 5.78. The van der Waals surface area contributed by atoms with Crippen molar-refractivity contribution >= 4 is 5.91 Å². The molecule has 0 saturated carbocycles. The zero-order chi connectivity index (χ0) is 17.7. The van der Waals surface area contributed by atoms with Crippen LogP contribution in [0.3, 0.4) is 0 Å². The molecule has 0 atom stereocenters. The van der Waals surface area contributed by atoms with Crippen LogP contribution >= 0.6 is 0 Å². The zero-order valence-corrected chi connectivity index (χ0v) is 13.8. The maximum atomic E-state index is 13.1. The van der Waals surface area contributed by atoms with Crippen molar-refractivity contribution in [2.75, 3.05) is 19.7 Å². The molecule has 0 aliphatic carbocycles. The van der Waals surface area contributed by atoms with Crippen LogP contribution in [0.1, 0.15) is 18.4 Å². The number of nitrogens with zero attached hydrogens (tertiary/aromatic N) is 2. The third-order valence-corrected chi connectivity index (χ3v) is 4.67. The SMILES string of the molecule is N#CC1(c2ccccc2)CCN(C(=O)COc2cccc(F)c2)CC1. The maximum absolute atomic E-state index is 13.1. The second kappa shape index (κ2) is 7.35. The quantitative estimate of drug-likeness (QED) is 0.859. The Labute approximate surface area is 146 Å². The number of halogens is 1. The smallest absolute Gasteiger partial charge is 0.260 e. The summed E-state index contributed by atoms with van der Waals surface area (Å²) in [4.78, 5) is 14.0. The van der Waals surface area contributed by atoms with E-state index in [1.807, 2.05) is 30.3 Å². The standard InChI is InChI=1S/C20H19FN2O2/c21-17-7-4-8-18(13-17)25-14-19(24)23-11-9-20(15-22,10-12-23)16-5-2-1-3-6-16/h1-8,13H,9-12,14H2. The Morgan fingerprint density at radius 3 is 2.52 bits per heavy atom. The Kier molecular flexibility index (Phi) is 4.99. The van der Waals surface area contributed by atoms with E-state index >= 15 is 0 Å². The predicted octanol–water partition coefficient (Wildman–Crippen LogP) is 3.29. The van der Waals surface area contributed by atoms with Gasteiger partial charge in [0, 0.05) is 19.2 Å². The first-order valence-corrected chi connectivity index (χ1v) is 8.26. The molecule has 1 amide bonds. The zero-order valence-electron chi connectivity index (χ0n) is 13.8. The first-order valence-electron chi connectivity index (χ1n) is 8.26. The van der Waals surface area contributed by atoms with Crippen LogP contribution in [0.15, 0.2) is 54.6 Å². The van der Waals surface area contributed by atoms with Gasteiger partial charge in [0.2, 0.25) is 0 Å². The number of benzene rings is 2. The van der Waals surface area contributed by atoms with Gasteiger partial charge in [0.15, 0.2) is 6.61 Å². The number of carbonyl (C=O) groups is 1. The minimum absolute atomic E-state index is 0.131. The second-order valence-corrected chi connectivity index (χ2v) is 6.19. The number of hydrogen-bond acceptors (Lipinski definition) is 3. The summed E-state index contributed by atoms with van der Waals surface area (Å²) in [6.07, 6.45) is 1.19. The van der Waals surface area contributed by atoms with Gasteiger partial charge in [0.1, 0.15) is 11.6 Å². The predicted molar refractivity (Wildman–Crippen MR) is 91.4 cm³/mol. The van der Waals surface area contributed by atoms with Gasteiger partial charge < -0.3 is 9.64 Å². The number of carbonyl (C=O) groups excluding carboxylic acids is 1. The lowest BCUT2D eigenvalue weighted by molar-refractivity contribution is -0.134. The van der Waals surface area contributed by atoms with E-state index in [1.54, 1.807) is 11.0 Å². The largest absolute Gasteiger partial charge is 0.484 e. The number of rotatable bonds is 4. The van der Waals surface area contributed by atoms with Gasteiger partial charge in [-0.15, -0.1) is 0 Å². The van der Waals surface area contributed by atoms with E-state index in [-0.39, 0.29) is 12.5 Å². The fourth-order valence-corrected chi connectivity index (χ4v) is 3.15. The van der Waals surface area contributed by atoms with Crippen LogP contribution in [0.4, 0.5) is 4.39 Å². The van der Waals surface area contributed by atoms with E-state index in [0.29, 0.717) is 31.7 Å². The molecule has 3 rings (SSSR count). The highest BCUT2D eigenvalue weighted by atomic mass is 19.1. The molecule has 128 valence electrons. The lowest BCUT2D eigenvalue weighted by atomic mass is 9.74. The van der Waals surface area contributed by atoms with Crippen LogP contribution in [0.2, 0.25) is 0 Å². The van der Waals surface area contributed by atoms with Gasteiger partial charge in [-0.25, -0.2) is 4.39 Å². The van der Waals surface area contributed by atoms with Crippen molar-refractivity contribution in [3.63, 3.8) is 0 Å². The Morgan fingerprint density at radius 2 is 1.88 bits per heavy atom. The topological polar surface area (TPSA) is 53.3 Å². The lowest BCUT2D eigenvalue weighted by Crippen LogP contribution is -2.46. The first kappa shape index (κ1) is 17.0. The van der Waals surface area contributed by atoms with Crippen molar-refractivity contribution in [3.8, 4) is 11.8 Å². The summed E-state index contributed by atoms with van der Waals surface area (Å²) in [5.74, 6) is -0.213. The second-order valence-electron chi connectivity index (χ2n) is 6.19. The number of ether oxygens (including phenoxy) is 1. The van der Waals surface area contributed by atoms with Gasteiger partial charge in [-0.1, -0.05) is 36.4 Å². The summed E-state index contributed by atoms with van der Waals surface area (Å²) in [5, 5.41) is 9.68. The summed E-state index contributed by atoms with van der Waals surface area (Å²) >= 11 is 0. The van der Waals surface area contributed by atoms with Gasteiger partial charge in [0.25, 0.3) is 5.91 Å². The third-order valence-electron chi connectivity index (χ3n) is 4.67. The summed E-state index contributed by atoms with van der Waals surface area (Å²) in [6.45, 7) is 0.885. The molecule has 1 fully saturated rings. The average Bonchev–Trinajstić information content (AvgIpc) is 2.67. The van der Waals surface area contributed by atoms with Gasteiger partial charge in [-0.2, -0.15) is 5.26 Å². The fourth-order valence-electron chi connectivity index (χ4n) is 3.15. The molecular weight excluding hydrogens is 319 g/mol. The minimum atomic E-state index is -0.540. The van der Waals surface area contributed by atoms with Crippen LogP contribution in [0, 0.1) is 17.1 Å². The van der Waals surface area contributed by atoms with Crippen molar-refractivity contribution in [1.82, 2.24) is 4.90 Å². The van der Waals surface area contributed by atoms with E-state index in [0.717, 1.165) is 5.56 Å². The fraction of sp³-hybridized carbons (Fsp3) is 0.300. The van der Waals surface area contributed by atoms with Gasteiger partial charge >= 0.3 is 0 Å². The molecule has 1 aliphatic rings. The van der Waals surface area contributed by atoms with Gasteiger partial charge in [0.05, 0.1) is 11.5 Å². The normalized spacial score (nSPS) is 16.1. The molecule has 0 aromatic heterocycles. The Hall–Kier alpha value is -2.87. The van der Waals surface area contributed by atoms with E-state index in [1.165, 1.54) is 18.2 Å². The van der Waals surface area contributed by atoms with Crippen molar-refractivity contribution in [2.24, 2.45) is 0 Å². The molecule has 0 bridgehead atoms. The first-order chi connectivity index (χ1) is 12.1. The summed E-state index contributed by atoms with van der Waals surface area (Å²) in [7, 11) is 0. The monoisotopic (exact) mass is 338 g/mol. The van der Waals surface area contributed by atoms with Crippen molar-refractivity contribution in [1.29, 1.82) is 5.26 Å². The van der Waals surface area contributed by atoms with E-state index < -0.39 is 11.2 Å². The summed E-state index contributed by atoms with van der Waals surface area (Å²) in [5.41, 5.74) is 0.460. The molecule has 0 radical (unpaired) electrons. The number of piperidine rings is 1. The molecule has 0 unspecified atom stereocenters. The number of likely N-dealkylation sites (tertiary alicyclic amines) is 1. The Morgan fingerprint density at radius 1 is 1.16 bits per heavy atom. The van der Waals surface area contributed by atoms with E-state index in [9.17, 15) is 14.4 Å².